The van der Waals surface area contributed by atoms with Gasteiger partial charge in [-0.3, -0.25) is 14.5 Å². The fourth-order valence-electron chi connectivity index (χ4n) is 2.13. The maximum absolute atomic E-state index is 12.4. The smallest absolute Gasteiger partial charge is 0.328 e. The summed E-state index contributed by atoms with van der Waals surface area (Å²) in [4.78, 5) is 37.0. The largest absolute Gasteiger partial charge is 0.504 e. The van der Waals surface area contributed by atoms with Gasteiger partial charge in [-0.15, -0.1) is 0 Å². The molecule has 1 aromatic rings. The number of methoxy groups -OCH3 is 1. The van der Waals surface area contributed by atoms with E-state index < -0.39 is 23.2 Å². The minimum atomic E-state index is -0.993. The van der Waals surface area contributed by atoms with Gasteiger partial charge in [0.2, 0.25) is 0 Å². The Balaban J connectivity index is 2.29. The van der Waals surface area contributed by atoms with Gasteiger partial charge in [-0.2, -0.15) is 0 Å². The molecule has 2 amide bonds. The normalized spacial score (nSPS) is 17.3. The summed E-state index contributed by atoms with van der Waals surface area (Å²) in [6.45, 7) is 3.59. The number of benzene rings is 1. The number of phenolic OH excluding ortho intramolecular Hbond substituents is 1. The Labute approximate surface area is 143 Å². The average Bonchev–Trinajstić information content (AvgIpc) is 2.83. The number of phenols is 1. The first-order chi connectivity index (χ1) is 11.4. The lowest BCUT2D eigenvalue weighted by atomic mass is 10.1. The fourth-order valence-corrected chi connectivity index (χ4v) is 3.04. The van der Waals surface area contributed by atoms with Crippen LogP contribution in [0.15, 0.2) is 23.1 Å². The van der Waals surface area contributed by atoms with Crippen molar-refractivity contribution >= 4 is 35.0 Å². The van der Waals surface area contributed by atoms with Gasteiger partial charge >= 0.3 is 5.97 Å². The average molecular weight is 351 g/mol. The molecule has 0 aromatic heterocycles. The predicted molar refractivity (Wildman–Crippen MR) is 88.6 cm³/mol. The number of nitrogens with zero attached hydrogens (tertiary/aromatic N) is 1. The molecule has 128 valence electrons. The molecule has 2 rings (SSSR count). The van der Waals surface area contributed by atoms with Crippen molar-refractivity contribution < 1.29 is 29.0 Å². The lowest BCUT2D eigenvalue weighted by molar-refractivity contribution is -0.148. The molecule has 1 saturated heterocycles. The monoisotopic (exact) mass is 351 g/mol. The van der Waals surface area contributed by atoms with Crippen LogP contribution in [0.4, 0.5) is 4.79 Å². The van der Waals surface area contributed by atoms with E-state index in [1.165, 1.54) is 26.2 Å². The summed E-state index contributed by atoms with van der Waals surface area (Å²) < 4.78 is 9.86. The summed E-state index contributed by atoms with van der Waals surface area (Å²) in [6.07, 6.45) is 1.51. The summed E-state index contributed by atoms with van der Waals surface area (Å²) in [5.74, 6) is -0.953. The number of rotatable bonds is 5. The van der Waals surface area contributed by atoms with Crippen molar-refractivity contribution in [2.75, 3.05) is 13.7 Å². The van der Waals surface area contributed by atoms with E-state index in [-0.39, 0.29) is 16.4 Å². The SMILES string of the molecule is CCOc1cc(/C=C2/SC(=O)N([C@@H](C)C(=O)OC)C2=O)ccc1O. The molecule has 0 spiro atoms. The number of aromatic hydroxyl groups is 1. The number of thioether (sulfide) groups is 1. The summed E-state index contributed by atoms with van der Waals surface area (Å²) in [5.41, 5.74) is 0.590. The first-order valence-corrected chi connectivity index (χ1v) is 8.01. The first kappa shape index (κ1) is 17.9. The van der Waals surface area contributed by atoms with Gasteiger partial charge in [-0.25, -0.2) is 4.79 Å². The topological polar surface area (TPSA) is 93.1 Å². The molecule has 1 fully saturated rings. The van der Waals surface area contributed by atoms with Crippen molar-refractivity contribution in [3.05, 3.63) is 28.7 Å². The van der Waals surface area contributed by atoms with Crippen LogP contribution >= 0.6 is 11.8 Å². The van der Waals surface area contributed by atoms with Crippen molar-refractivity contribution in [2.24, 2.45) is 0 Å². The van der Waals surface area contributed by atoms with Gasteiger partial charge in [0.05, 0.1) is 18.6 Å². The fraction of sp³-hybridized carbons (Fsp3) is 0.312. The predicted octanol–water partition coefficient (Wildman–Crippen LogP) is 2.39. The highest BCUT2D eigenvalue weighted by atomic mass is 32.2. The molecule has 24 heavy (non-hydrogen) atoms. The zero-order valence-electron chi connectivity index (χ0n) is 13.4. The first-order valence-electron chi connectivity index (χ1n) is 7.19. The van der Waals surface area contributed by atoms with Gasteiger partial charge in [-0.1, -0.05) is 6.07 Å². The molecule has 0 bridgehead atoms. The van der Waals surface area contributed by atoms with E-state index in [9.17, 15) is 19.5 Å². The second-order valence-corrected chi connectivity index (χ2v) is 5.90. The van der Waals surface area contributed by atoms with Crippen LogP contribution < -0.4 is 4.74 Å². The highest BCUT2D eigenvalue weighted by molar-refractivity contribution is 8.18. The number of imide groups is 1. The standard InChI is InChI=1S/C16H17NO6S/c1-4-23-12-7-10(5-6-11(12)18)8-13-14(19)17(16(21)24-13)9(2)15(20)22-3/h5-9,18H,4H2,1-3H3/b13-8+/t9-/m0/s1. The Hall–Kier alpha value is -2.48. The molecule has 0 saturated carbocycles. The molecule has 0 unspecified atom stereocenters. The van der Waals surface area contributed by atoms with E-state index in [0.29, 0.717) is 12.2 Å². The number of carbonyl (C=O) groups excluding carboxylic acids is 3. The van der Waals surface area contributed by atoms with E-state index in [0.717, 1.165) is 16.7 Å². The zero-order chi connectivity index (χ0) is 17.9. The van der Waals surface area contributed by atoms with Gasteiger partial charge in [0.25, 0.3) is 11.1 Å². The van der Waals surface area contributed by atoms with Gasteiger partial charge in [0.1, 0.15) is 6.04 Å². The minimum Gasteiger partial charge on any atom is -0.504 e. The highest BCUT2D eigenvalue weighted by Gasteiger charge is 2.41. The molecule has 1 N–H and O–H groups in total. The number of amides is 2. The van der Waals surface area contributed by atoms with E-state index in [1.54, 1.807) is 19.1 Å². The van der Waals surface area contributed by atoms with Crippen molar-refractivity contribution in [1.29, 1.82) is 0 Å². The number of esters is 1. The third kappa shape index (κ3) is 3.53. The van der Waals surface area contributed by atoms with Crippen LogP contribution in [0.25, 0.3) is 6.08 Å². The van der Waals surface area contributed by atoms with Crippen LogP contribution in [-0.4, -0.2) is 46.9 Å². The van der Waals surface area contributed by atoms with Crippen LogP contribution in [0.2, 0.25) is 0 Å². The summed E-state index contributed by atoms with van der Waals surface area (Å²) in [6, 6.07) is 3.61. The van der Waals surface area contributed by atoms with E-state index in [1.807, 2.05) is 0 Å². The maximum atomic E-state index is 12.4. The Morgan fingerprint density at radius 1 is 1.42 bits per heavy atom. The summed E-state index contributed by atoms with van der Waals surface area (Å²) in [7, 11) is 1.19. The van der Waals surface area contributed by atoms with Crippen molar-refractivity contribution in [3.8, 4) is 11.5 Å². The molecule has 7 nitrogen and oxygen atoms in total. The van der Waals surface area contributed by atoms with Crippen molar-refractivity contribution in [1.82, 2.24) is 4.90 Å². The Morgan fingerprint density at radius 3 is 2.75 bits per heavy atom. The van der Waals surface area contributed by atoms with Gasteiger partial charge in [-0.05, 0) is 49.4 Å². The van der Waals surface area contributed by atoms with Gasteiger partial charge in [0, 0.05) is 0 Å². The molecule has 0 aliphatic carbocycles. The maximum Gasteiger partial charge on any atom is 0.328 e. The molecule has 1 atom stereocenters. The molecule has 0 radical (unpaired) electrons. The Morgan fingerprint density at radius 2 is 2.12 bits per heavy atom. The number of ether oxygens (including phenoxy) is 2. The van der Waals surface area contributed by atoms with Crippen LogP contribution in [0.3, 0.4) is 0 Å². The van der Waals surface area contributed by atoms with E-state index in [2.05, 4.69) is 4.74 Å². The number of hydrogen-bond acceptors (Lipinski definition) is 7. The molecule has 1 heterocycles. The molecule has 8 heteroatoms. The lowest BCUT2D eigenvalue weighted by Gasteiger charge is -2.18. The molecule has 1 aromatic carbocycles. The number of carbonyl (C=O) groups is 3. The van der Waals surface area contributed by atoms with E-state index in [4.69, 9.17) is 4.74 Å². The van der Waals surface area contributed by atoms with Gasteiger partial charge < -0.3 is 14.6 Å². The van der Waals surface area contributed by atoms with Crippen LogP contribution in [-0.2, 0) is 14.3 Å². The highest BCUT2D eigenvalue weighted by Crippen LogP contribution is 2.35. The molecular weight excluding hydrogens is 334 g/mol. The second kappa shape index (κ2) is 7.39. The summed E-state index contributed by atoms with van der Waals surface area (Å²) in [5, 5.41) is 9.16. The van der Waals surface area contributed by atoms with Crippen LogP contribution in [0.1, 0.15) is 19.4 Å². The molecular formula is C16H17NO6S. The third-order valence-electron chi connectivity index (χ3n) is 3.33. The summed E-state index contributed by atoms with van der Waals surface area (Å²) >= 11 is 0.744. The van der Waals surface area contributed by atoms with E-state index >= 15 is 0 Å². The second-order valence-electron chi connectivity index (χ2n) is 4.91. The minimum absolute atomic E-state index is 0.0126. The molecule has 1 aliphatic heterocycles. The van der Waals surface area contributed by atoms with Gasteiger partial charge in [0.15, 0.2) is 11.5 Å². The zero-order valence-corrected chi connectivity index (χ0v) is 14.3. The van der Waals surface area contributed by atoms with Crippen LogP contribution in [0, 0.1) is 0 Å². The third-order valence-corrected chi connectivity index (χ3v) is 4.22. The van der Waals surface area contributed by atoms with Crippen molar-refractivity contribution in [3.63, 3.8) is 0 Å². The Bertz CT molecular complexity index is 715. The Kier molecular flexibility index (Phi) is 5.50. The quantitative estimate of drug-likeness (QED) is 0.643. The van der Waals surface area contributed by atoms with Crippen molar-refractivity contribution in [2.45, 2.75) is 19.9 Å². The van der Waals surface area contributed by atoms with Crippen LogP contribution in [0.5, 0.6) is 11.5 Å². The molecule has 1 aliphatic rings. The number of hydrogen-bond donors (Lipinski definition) is 1. The lowest BCUT2D eigenvalue weighted by Crippen LogP contribution is -2.42.